The quantitative estimate of drug-likeness (QED) is 0.577. The van der Waals surface area contributed by atoms with Gasteiger partial charge in [0.1, 0.15) is 23.0 Å². The third-order valence-electron chi connectivity index (χ3n) is 3.29. The van der Waals surface area contributed by atoms with Gasteiger partial charge >= 0.3 is 0 Å². The van der Waals surface area contributed by atoms with Crippen LogP contribution in [0.4, 0.5) is 0 Å². The van der Waals surface area contributed by atoms with Crippen molar-refractivity contribution in [1.29, 1.82) is 0 Å². The number of phenols is 2. The second kappa shape index (κ2) is 7.36. The van der Waals surface area contributed by atoms with E-state index in [1.54, 1.807) is 32.2 Å². The van der Waals surface area contributed by atoms with Crippen molar-refractivity contribution < 1.29 is 24.5 Å². The number of hydrogen-bond donors (Lipinski definition) is 3. The van der Waals surface area contributed by atoms with Gasteiger partial charge in [-0.1, -0.05) is 0 Å². The Labute approximate surface area is 139 Å². The van der Waals surface area contributed by atoms with Crippen molar-refractivity contribution in [2.45, 2.75) is 6.92 Å². The van der Waals surface area contributed by atoms with Gasteiger partial charge < -0.3 is 19.7 Å². The number of rotatable bonds is 5. The number of amides is 1. The molecule has 7 nitrogen and oxygen atoms in total. The Morgan fingerprint density at radius 2 is 1.71 bits per heavy atom. The van der Waals surface area contributed by atoms with E-state index in [0.29, 0.717) is 22.8 Å². The zero-order valence-corrected chi connectivity index (χ0v) is 13.5. The van der Waals surface area contributed by atoms with Crippen LogP contribution in [0.2, 0.25) is 0 Å². The molecule has 3 N–H and O–H groups in total. The fourth-order valence-electron chi connectivity index (χ4n) is 2.08. The summed E-state index contributed by atoms with van der Waals surface area (Å²) in [4.78, 5) is 12.0. The Balaban J connectivity index is 2.20. The van der Waals surface area contributed by atoms with Crippen molar-refractivity contribution in [3.05, 3.63) is 47.5 Å². The van der Waals surface area contributed by atoms with E-state index in [2.05, 4.69) is 10.5 Å². The molecular weight excluding hydrogens is 312 g/mol. The third kappa shape index (κ3) is 3.95. The fourth-order valence-corrected chi connectivity index (χ4v) is 2.08. The number of nitrogens with one attached hydrogen (secondary N) is 1. The number of methoxy groups -OCH3 is 2. The standard InChI is InChI=1S/C17H18N2O5/c1-10(15-5-4-14(23-2)9-16(15)24-3)18-19-17(22)11-6-12(20)8-13(21)7-11/h4-9,20-21H,1-3H3,(H,19,22). The van der Waals surface area contributed by atoms with E-state index in [0.717, 1.165) is 6.07 Å². The van der Waals surface area contributed by atoms with Gasteiger partial charge in [-0.25, -0.2) is 5.43 Å². The molecule has 0 unspecified atom stereocenters. The highest BCUT2D eigenvalue weighted by molar-refractivity contribution is 6.03. The minimum absolute atomic E-state index is 0.0887. The first-order valence-corrected chi connectivity index (χ1v) is 7.04. The summed E-state index contributed by atoms with van der Waals surface area (Å²) in [6.07, 6.45) is 0. The predicted octanol–water partition coefficient (Wildman–Crippen LogP) is 2.27. The molecule has 0 atom stereocenters. The first-order chi connectivity index (χ1) is 11.4. The van der Waals surface area contributed by atoms with E-state index in [1.165, 1.54) is 19.2 Å². The minimum Gasteiger partial charge on any atom is -0.508 e. The van der Waals surface area contributed by atoms with Gasteiger partial charge in [-0.3, -0.25) is 4.79 Å². The molecule has 7 heteroatoms. The Bertz CT molecular complexity index is 766. The lowest BCUT2D eigenvalue weighted by atomic mass is 10.1. The number of carbonyl (C=O) groups is 1. The summed E-state index contributed by atoms with van der Waals surface area (Å²) in [7, 11) is 3.08. The number of nitrogens with zero attached hydrogens (tertiary/aromatic N) is 1. The Morgan fingerprint density at radius 3 is 2.29 bits per heavy atom. The number of benzene rings is 2. The molecule has 0 spiro atoms. The molecule has 126 valence electrons. The number of phenolic OH excluding ortho intramolecular Hbond substituents is 2. The highest BCUT2D eigenvalue weighted by Crippen LogP contribution is 2.25. The van der Waals surface area contributed by atoms with Crippen molar-refractivity contribution in [1.82, 2.24) is 5.43 Å². The van der Waals surface area contributed by atoms with Gasteiger partial charge in [-0.05, 0) is 31.2 Å². The predicted molar refractivity (Wildman–Crippen MR) is 89.0 cm³/mol. The van der Waals surface area contributed by atoms with E-state index in [4.69, 9.17) is 9.47 Å². The molecule has 2 rings (SSSR count). The highest BCUT2D eigenvalue weighted by Gasteiger charge is 2.11. The first kappa shape index (κ1) is 17.1. The Hall–Kier alpha value is -3.22. The SMILES string of the molecule is COc1ccc(C(C)=NNC(=O)c2cc(O)cc(O)c2)c(OC)c1. The molecule has 24 heavy (non-hydrogen) atoms. The molecule has 0 heterocycles. The topological polar surface area (TPSA) is 100 Å². The van der Waals surface area contributed by atoms with Crippen LogP contribution in [-0.2, 0) is 0 Å². The maximum absolute atomic E-state index is 12.0. The average molecular weight is 330 g/mol. The molecule has 0 aliphatic rings. The lowest BCUT2D eigenvalue weighted by Gasteiger charge is -2.10. The Morgan fingerprint density at radius 1 is 1.04 bits per heavy atom. The van der Waals surface area contributed by atoms with Crippen LogP contribution in [0, 0.1) is 0 Å². The van der Waals surface area contributed by atoms with Gasteiger partial charge in [0.05, 0.1) is 19.9 Å². The fraction of sp³-hybridized carbons (Fsp3) is 0.176. The van der Waals surface area contributed by atoms with Crippen LogP contribution in [0.3, 0.4) is 0 Å². The molecule has 0 saturated carbocycles. The molecule has 0 saturated heterocycles. The molecular formula is C17H18N2O5. The van der Waals surface area contributed by atoms with Crippen molar-refractivity contribution >= 4 is 11.6 Å². The molecule has 2 aromatic rings. The van der Waals surface area contributed by atoms with E-state index in [-0.39, 0.29) is 17.1 Å². The van der Waals surface area contributed by atoms with Crippen LogP contribution in [0.25, 0.3) is 0 Å². The third-order valence-corrected chi connectivity index (χ3v) is 3.29. The van der Waals surface area contributed by atoms with Crippen LogP contribution >= 0.6 is 0 Å². The van der Waals surface area contributed by atoms with E-state index >= 15 is 0 Å². The molecule has 0 radical (unpaired) electrons. The smallest absolute Gasteiger partial charge is 0.271 e. The van der Waals surface area contributed by atoms with Crippen LogP contribution in [0.5, 0.6) is 23.0 Å². The summed E-state index contributed by atoms with van der Waals surface area (Å²) in [6.45, 7) is 1.71. The second-order valence-electron chi connectivity index (χ2n) is 4.94. The summed E-state index contributed by atoms with van der Waals surface area (Å²) in [5.74, 6) is 0.214. The number of aromatic hydroxyl groups is 2. The maximum atomic E-state index is 12.0. The second-order valence-corrected chi connectivity index (χ2v) is 4.94. The zero-order valence-electron chi connectivity index (χ0n) is 13.5. The highest BCUT2D eigenvalue weighted by atomic mass is 16.5. The molecule has 0 bridgehead atoms. The van der Waals surface area contributed by atoms with Crippen LogP contribution < -0.4 is 14.9 Å². The monoisotopic (exact) mass is 330 g/mol. The van der Waals surface area contributed by atoms with Crippen molar-refractivity contribution in [3.63, 3.8) is 0 Å². The average Bonchev–Trinajstić information content (AvgIpc) is 2.57. The lowest BCUT2D eigenvalue weighted by Crippen LogP contribution is -2.19. The van der Waals surface area contributed by atoms with Crippen molar-refractivity contribution in [3.8, 4) is 23.0 Å². The zero-order chi connectivity index (χ0) is 17.7. The van der Waals surface area contributed by atoms with Gasteiger partial charge in [0.15, 0.2) is 0 Å². The summed E-state index contributed by atoms with van der Waals surface area (Å²) >= 11 is 0. The molecule has 0 fully saturated rings. The first-order valence-electron chi connectivity index (χ1n) is 7.04. The van der Waals surface area contributed by atoms with Crippen LogP contribution in [-0.4, -0.2) is 36.1 Å². The number of ether oxygens (including phenoxy) is 2. The van der Waals surface area contributed by atoms with E-state index in [1.807, 2.05) is 0 Å². The lowest BCUT2D eigenvalue weighted by molar-refractivity contribution is 0.0954. The van der Waals surface area contributed by atoms with Crippen molar-refractivity contribution in [2.75, 3.05) is 14.2 Å². The minimum atomic E-state index is -0.562. The number of hydrazone groups is 1. The number of carbonyl (C=O) groups excluding carboxylic acids is 1. The molecule has 2 aromatic carbocycles. The summed E-state index contributed by atoms with van der Waals surface area (Å²) in [5, 5.41) is 22.9. The van der Waals surface area contributed by atoms with Gasteiger partial charge in [-0.15, -0.1) is 0 Å². The van der Waals surface area contributed by atoms with Crippen molar-refractivity contribution in [2.24, 2.45) is 5.10 Å². The summed E-state index contributed by atoms with van der Waals surface area (Å²) in [5.41, 5.74) is 3.67. The molecule has 0 aliphatic carbocycles. The van der Waals surface area contributed by atoms with Crippen LogP contribution in [0.1, 0.15) is 22.8 Å². The molecule has 0 aliphatic heterocycles. The van der Waals surface area contributed by atoms with Gasteiger partial charge in [0, 0.05) is 23.3 Å². The van der Waals surface area contributed by atoms with Crippen LogP contribution in [0.15, 0.2) is 41.5 Å². The normalized spacial score (nSPS) is 11.0. The molecule has 1 amide bonds. The maximum Gasteiger partial charge on any atom is 0.271 e. The van der Waals surface area contributed by atoms with Gasteiger partial charge in [-0.2, -0.15) is 5.10 Å². The van der Waals surface area contributed by atoms with E-state index in [9.17, 15) is 15.0 Å². The van der Waals surface area contributed by atoms with Gasteiger partial charge in [0.25, 0.3) is 5.91 Å². The van der Waals surface area contributed by atoms with E-state index < -0.39 is 5.91 Å². The number of hydrogen-bond acceptors (Lipinski definition) is 6. The summed E-state index contributed by atoms with van der Waals surface area (Å²) in [6, 6.07) is 8.83. The summed E-state index contributed by atoms with van der Waals surface area (Å²) < 4.78 is 10.4. The Kier molecular flexibility index (Phi) is 5.26. The largest absolute Gasteiger partial charge is 0.508 e. The molecule has 0 aromatic heterocycles. The van der Waals surface area contributed by atoms with Gasteiger partial charge in [0.2, 0.25) is 0 Å².